The third-order valence-electron chi connectivity index (χ3n) is 5.86. The second-order valence-corrected chi connectivity index (χ2v) is 8.44. The quantitative estimate of drug-likeness (QED) is 0.630. The molecule has 3 bridgehead atoms. The molecule has 1 saturated heterocycles. The molecule has 2 aliphatic heterocycles. The first kappa shape index (κ1) is 17.3. The smallest absolute Gasteiger partial charge is 0.344 e. The van der Waals surface area contributed by atoms with E-state index in [0.717, 1.165) is 25.1 Å². The van der Waals surface area contributed by atoms with Crippen LogP contribution in [0, 0.1) is 23.5 Å². The van der Waals surface area contributed by atoms with E-state index in [4.69, 9.17) is 9.47 Å². The van der Waals surface area contributed by atoms with E-state index >= 15 is 0 Å². The lowest BCUT2D eigenvalue weighted by Crippen LogP contribution is -2.62. The average molecular weight is 392 g/mol. The van der Waals surface area contributed by atoms with Gasteiger partial charge in [0, 0.05) is 17.2 Å². The van der Waals surface area contributed by atoms with Crippen LogP contribution in [0.25, 0.3) is 0 Å². The van der Waals surface area contributed by atoms with Crippen molar-refractivity contribution in [2.75, 3.05) is 13.2 Å². The maximum absolute atomic E-state index is 13.7. The molecule has 0 radical (unpaired) electrons. The summed E-state index contributed by atoms with van der Waals surface area (Å²) in [5.74, 6) is -2.21. The Kier molecular flexibility index (Phi) is 4.10. The Morgan fingerprint density at radius 1 is 1.41 bits per heavy atom. The van der Waals surface area contributed by atoms with Gasteiger partial charge in [0.05, 0.1) is 17.7 Å². The molecule has 1 aromatic rings. The average Bonchev–Trinajstić information content (AvgIpc) is 3.33. The first-order chi connectivity index (χ1) is 13.1. The summed E-state index contributed by atoms with van der Waals surface area (Å²) < 4.78 is 38.9. The van der Waals surface area contributed by atoms with Gasteiger partial charge in [-0.1, -0.05) is 18.2 Å². The van der Waals surface area contributed by atoms with Crippen LogP contribution in [0.1, 0.15) is 16.8 Å². The molecule has 5 nitrogen and oxygen atoms in total. The molecule has 1 N–H and O–H groups in total. The van der Waals surface area contributed by atoms with Crippen molar-refractivity contribution in [3.63, 3.8) is 0 Å². The van der Waals surface area contributed by atoms with Gasteiger partial charge in [0.15, 0.2) is 0 Å². The minimum absolute atomic E-state index is 0.105. The standard InChI is InChI=1S/C19H18F2N2O3S/c20-11-2-1-3-12(21)15(11)18(24)25-8-14-23-17-10-4-5-19(6-10,26-14)16(17)13-7-22-9-27-13/h1-5,9-10,13-14,16-17,23H,6-8H2. The van der Waals surface area contributed by atoms with Crippen LogP contribution in [0.3, 0.4) is 0 Å². The molecule has 2 fully saturated rings. The highest BCUT2D eigenvalue weighted by Crippen LogP contribution is 2.55. The van der Waals surface area contributed by atoms with E-state index in [1.807, 2.05) is 5.55 Å². The van der Waals surface area contributed by atoms with Gasteiger partial charge in [0.25, 0.3) is 0 Å². The fraction of sp³-hybridized carbons (Fsp3) is 0.474. The predicted molar refractivity (Wildman–Crippen MR) is 96.6 cm³/mol. The van der Waals surface area contributed by atoms with Crippen LogP contribution >= 0.6 is 11.8 Å². The number of fused-ring (bicyclic) bond motifs is 3. The van der Waals surface area contributed by atoms with Crippen LogP contribution in [0.4, 0.5) is 8.78 Å². The number of thioether (sulfide) groups is 1. The predicted octanol–water partition coefficient (Wildman–Crippen LogP) is 2.52. The van der Waals surface area contributed by atoms with Crippen LogP contribution in [-0.2, 0) is 9.47 Å². The Labute approximate surface area is 159 Å². The molecule has 27 heavy (non-hydrogen) atoms. The fourth-order valence-electron chi connectivity index (χ4n) is 4.82. The number of esters is 1. The van der Waals surface area contributed by atoms with Crippen LogP contribution < -0.4 is 5.32 Å². The maximum atomic E-state index is 13.7. The molecule has 6 atom stereocenters. The summed E-state index contributed by atoms with van der Waals surface area (Å²) in [6.07, 6.45) is 4.71. The summed E-state index contributed by atoms with van der Waals surface area (Å²) in [5.41, 5.74) is 0.842. The molecule has 2 heterocycles. The molecule has 1 aromatic carbocycles. The molecule has 142 valence electrons. The first-order valence-corrected chi connectivity index (χ1v) is 9.90. The highest BCUT2D eigenvalue weighted by Gasteiger charge is 2.62. The van der Waals surface area contributed by atoms with E-state index in [2.05, 4.69) is 22.5 Å². The van der Waals surface area contributed by atoms with Gasteiger partial charge in [-0.25, -0.2) is 13.6 Å². The summed E-state index contributed by atoms with van der Waals surface area (Å²) in [4.78, 5) is 16.5. The van der Waals surface area contributed by atoms with Gasteiger partial charge < -0.3 is 9.47 Å². The number of hydrogen-bond acceptors (Lipinski definition) is 6. The van der Waals surface area contributed by atoms with Gasteiger partial charge in [0.1, 0.15) is 30.0 Å². The van der Waals surface area contributed by atoms with Crippen LogP contribution in [-0.4, -0.2) is 47.8 Å². The molecule has 4 aliphatic rings. The van der Waals surface area contributed by atoms with Gasteiger partial charge in [-0.15, -0.1) is 11.8 Å². The molecule has 1 spiro atoms. The van der Waals surface area contributed by atoms with Gasteiger partial charge in [-0.3, -0.25) is 10.3 Å². The lowest BCUT2D eigenvalue weighted by molar-refractivity contribution is -0.148. The molecule has 8 heteroatoms. The molecular weight excluding hydrogens is 374 g/mol. The zero-order valence-corrected chi connectivity index (χ0v) is 15.1. The monoisotopic (exact) mass is 392 g/mol. The number of nitrogens with one attached hydrogen (secondary N) is 1. The van der Waals surface area contributed by atoms with Gasteiger partial charge in [0.2, 0.25) is 0 Å². The van der Waals surface area contributed by atoms with Crippen molar-refractivity contribution >= 4 is 23.3 Å². The van der Waals surface area contributed by atoms with E-state index in [0.29, 0.717) is 17.1 Å². The molecule has 2 aliphatic carbocycles. The Morgan fingerprint density at radius 2 is 2.22 bits per heavy atom. The molecule has 0 amide bonds. The second kappa shape index (κ2) is 6.39. The summed E-state index contributed by atoms with van der Waals surface area (Å²) in [6.45, 7) is 0.678. The second-order valence-electron chi connectivity index (χ2n) is 7.35. The Hall–Kier alpha value is -1.77. The van der Waals surface area contributed by atoms with Crippen molar-refractivity contribution in [3.8, 4) is 0 Å². The van der Waals surface area contributed by atoms with Crippen molar-refractivity contribution in [2.24, 2.45) is 16.8 Å². The van der Waals surface area contributed by atoms with Crippen molar-refractivity contribution < 1.29 is 23.0 Å². The van der Waals surface area contributed by atoms with E-state index in [9.17, 15) is 13.6 Å². The third-order valence-corrected chi connectivity index (χ3v) is 6.92. The summed E-state index contributed by atoms with van der Waals surface area (Å²) in [7, 11) is 0. The SMILES string of the molecule is O=C(OCC1NC2C3C=CC(C3)(O1)C2C1CN=CS1)c1c(F)cccc1F. The van der Waals surface area contributed by atoms with E-state index in [1.165, 1.54) is 6.07 Å². The zero-order valence-electron chi connectivity index (χ0n) is 14.3. The van der Waals surface area contributed by atoms with E-state index in [1.54, 1.807) is 11.8 Å². The number of rotatable bonds is 4. The largest absolute Gasteiger partial charge is 0.458 e. The zero-order chi connectivity index (χ0) is 18.6. The minimum atomic E-state index is -1.02. The molecular formula is C19H18F2N2O3S. The molecule has 6 unspecified atom stereocenters. The van der Waals surface area contributed by atoms with Crippen molar-refractivity contribution in [3.05, 3.63) is 47.5 Å². The molecule has 5 rings (SSSR count). The van der Waals surface area contributed by atoms with Crippen molar-refractivity contribution in [1.29, 1.82) is 0 Å². The maximum Gasteiger partial charge on any atom is 0.344 e. The van der Waals surface area contributed by atoms with Gasteiger partial charge >= 0.3 is 5.97 Å². The van der Waals surface area contributed by atoms with Crippen molar-refractivity contribution in [1.82, 2.24) is 5.32 Å². The van der Waals surface area contributed by atoms with Crippen molar-refractivity contribution in [2.45, 2.75) is 29.5 Å². The van der Waals surface area contributed by atoms with E-state index < -0.39 is 29.4 Å². The number of nitrogens with zero attached hydrogens (tertiary/aromatic N) is 1. The molecule has 0 aromatic heterocycles. The summed E-state index contributed by atoms with van der Waals surface area (Å²) in [6, 6.07) is 3.49. The minimum Gasteiger partial charge on any atom is -0.458 e. The fourth-order valence-corrected chi connectivity index (χ4v) is 5.89. The first-order valence-electron chi connectivity index (χ1n) is 8.95. The Morgan fingerprint density at radius 3 is 2.93 bits per heavy atom. The number of carbonyl (C=O) groups is 1. The number of aliphatic imine (C=N–C) groups is 1. The van der Waals surface area contributed by atoms with E-state index in [-0.39, 0.29) is 18.2 Å². The lowest BCUT2D eigenvalue weighted by Gasteiger charge is -2.47. The normalized spacial score (nSPS) is 38.5. The number of hydrogen-bond donors (Lipinski definition) is 1. The van der Waals surface area contributed by atoms with Crippen LogP contribution in [0.2, 0.25) is 0 Å². The number of ether oxygens (including phenoxy) is 2. The number of halogens is 2. The highest BCUT2D eigenvalue weighted by atomic mass is 32.2. The Bertz CT molecular complexity index is 820. The van der Waals surface area contributed by atoms with Gasteiger partial charge in [-0.2, -0.15) is 0 Å². The summed E-state index contributed by atoms with van der Waals surface area (Å²) in [5, 5.41) is 3.80. The number of benzene rings is 1. The third kappa shape index (κ3) is 2.73. The highest BCUT2D eigenvalue weighted by molar-refractivity contribution is 8.12. The molecule has 1 saturated carbocycles. The van der Waals surface area contributed by atoms with Crippen LogP contribution in [0.5, 0.6) is 0 Å². The number of carbonyl (C=O) groups excluding carboxylic acids is 1. The Balaban J connectivity index is 1.28. The van der Waals surface area contributed by atoms with Gasteiger partial charge in [-0.05, 0) is 24.5 Å². The lowest BCUT2D eigenvalue weighted by atomic mass is 9.81. The topological polar surface area (TPSA) is 59.9 Å². The van der Waals surface area contributed by atoms with Crippen LogP contribution in [0.15, 0.2) is 35.3 Å². The summed E-state index contributed by atoms with van der Waals surface area (Å²) >= 11 is 1.74.